The summed E-state index contributed by atoms with van der Waals surface area (Å²) in [6.07, 6.45) is 6.25. The Morgan fingerprint density at radius 2 is 1.81 bits per heavy atom. The van der Waals surface area contributed by atoms with Crippen molar-refractivity contribution in [3.63, 3.8) is 0 Å². The predicted octanol–water partition coefficient (Wildman–Crippen LogP) is 6.76. The molecule has 7 rings (SSSR count). The fourth-order valence-corrected chi connectivity index (χ4v) is 7.02. The van der Waals surface area contributed by atoms with E-state index in [1.54, 1.807) is 18.2 Å². The summed E-state index contributed by atoms with van der Waals surface area (Å²) >= 11 is 0. The van der Waals surface area contributed by atoms with E-state index in [1.807, 2.05) is 16.8 Å². The Morgan fingerprint density at radius 1 is 0.953 bits per heavy atom. The number of imidazole rings is 1. The molecule has 10 nitrogen and oxygen atoms in total. The molecule has 0 bridgehead atoms. The molecular formula is C30H35F2N7O3S. The third-order valence-electron chi connectivity index (χ3n) is 8.46. The lowest BCUT2D eigenvalue weighted by Gasteiger charge is -2.25. The van der Waals surface area contributed by atoms with Crippen LogP contribution in [0.3, 0.4) is 0 Å². The molecule has 0 amide bonds. The number of halogens is 2. The van der Waals surface area contributed by atoms with Crippen LogP contribution in [0.4, 0.5) is 31.8 Å². The molecular weight excluding hydrogens is 576 g/mol. The quantitative estimate of drug-likeness (QED) is 0.225. The van der Waals surface area contributed by atoms with E-state index < -0.39 is 28.3 Å². The molecule has 1 atom stereocenters. The summed E-state index contributed by atoms with van der Waals surface area (Å²) in [6.45, 7) is 1.30. The van der Waals surface area contributed by atoms with Gasteiger partial charge in [0.25, 0.3) is 6.43 Å². The largest absolute Gasteiger partial charge is 0.358 e. The Hall–Kier alpha value is -3.58. The standard InChI is InChI=1S/C30H35F2N7O3S/c1-43(40,41)23-15-19(18-9-10-18)11-12-21(23)33-22-17-24(34-25-16-20-7-3-2-5-13-38(20)37-25)35-29-27(22)36-30(28(31)32)39(29)26-8-4-6-14-42-26/h11-12,15-18,26,28H,2-10,13-14H2,1H3,(H2,33,34,35,37). The summed E-state index contributed by atoms with van der Waals surface area (Å²) in [6, 6.07) is 9.04. The number of nitrogens with zero attached hydrogens (tertiary/aromatic N) is 5. The number of aryl methyl sites for hydroxylation is 2. The van der Waals surface area contributed by atoms with E-state index in [0.29, 0.717) is 42.0 Å². The number of anilines is 4. The maximum atomic E-state index is 14.4. The lowest BCUT2D eigenvalue weighted by molar-refractivity contribution is -0.0363. The van der Waals surface area contributed by atoms with Gasteiger partial charge >= 0.3 is 0 Å². The summed E-state index contributed by atoms with van der Waals surface area (Å²) < 4.78 is 64.0. The number of hydrogen-bond donors (Lipinski definition) is 2. The SMILES string of the molecule is CS(=O)(=O)c1cc(C2CC2)ccc1Nc1cc(Nc2cc3n(n2)CCCCC3)nc2c1nc(C(F)F)n2C1CCCCO1. The molecule has 2 aliphatic heterocycles. The second kappa shape index (κ2) is 11.2. The number of ether oxygens (including phenoxy) is 1. The van der Waals surface area contributed by atoms with Gasteiger partial charge in [-0.25, -0.2) is 27.2 Å². The highest BCUT2D eigenvalue weighted by molar-refractivity contribution is 7.90. The van der Waals surface area contributed by atoms with E-state index in [1.165, 1.54) is 10.8 Å². The number of alkyl halides is 2. The smallest absolute Gasteiger partial charge is 0.295 e. The zero-order valence-corrected chi connectivity index (χ0v) is 24.8. The van der Waals surface area contributed by atoms with Gasteiger partial charge in [0.05, 0.1) is 16.3 Å². The first kappa shape index (κ1) is 28.2. The van der Waals surface area contributed by atoms with Gasteiger partial charge in [0.1, 0.15) is 17.6 Å². The van der Waals surface area contributed by atoms with Crippen LogP contribution in [0, 0.1) is 0 Å². The van der Waals surface area contributed by atoms with Crippen LogP contribution in [0.15, 0.2) is 35.2 Å². The van der Waals surface area contributed by atoms with Crippen LogP contribution < -0.4 is 10.6 Å². The molecule has 3 aliphatic rings. The van der Waals surface area contributed by atoms with Crippen LogP contribution >= 0.6 is 0 Å². The molecule has 3 aromatic heterocycles. The van der Waals surface area contributed by atoms with E-state index in [0.717, 1.165) is 69.2 Å². The second-order valence-corrected chi connectivity index (χ2v) is 13.8. The van der Waals surface area contributed by atoms with Crippen LogP contribution in [-0.4, -0.2) is 45.6 Å². The first-order valence-electron chi connectivity index (χ1n) is 15.0. The number of aromatic nitrogens is 5. The Labute approximate surface area is 248 Å². The molecule has 1 saturated carbocycles. The molecule has 1 unspecified atom stereocenters. The zero-order valence-electron chi connectivity index (χ0n) is 24.0. The highest BCUT2D eigenvalue weighted by Crippen LogP contribution is 2.43. The second-order valence-electron chi connectivity index (χ2n) is 11.8. The summed E-state index contributed by atoms with van der Waals surface area (Å²) in [7, 11) is -3.60. The van der Waals surface area contributed by atoms with Crippen molar-refractivity contribution in [1.82, 2.24) is 24.3 Å². The van der Waals surface area contributed by atoms with Crippen molar-refractivity contribution in [2.75, 3.05) is 23.5 Å². The lowest BCUT2D eigenvalue weighted by atomic mass is 10.1. The van der Waals surface area contributed by atoms with E-state index in [4.69, 9.17) is 14.8 Å². The van der Waals surface area contributed by atoms with Gasteiger partial charge in [-0.3, -0.25) is 9.25 Å². The fourth-order valence-electron chi connectivity index (χ4n) is 6.16. The molecule has 2 N–H and O–H groups in total. The third kappa shape index (κ3) is 5.72. The molecule has 5 heterocycles. The number of nitrogens with one attached hydrogen (secondary N) is 2. The van der Waals surface area contributed by atoms with Gasteiger partial charge < -0.3 is 15.4 Å². The monoisotopic (exact) mass is 611 g/mol. The maximum Gasteiger partial charge on any atom is 0.295 e. The molecule has 1 aromatic carbocycles. The summed E-state index contributed by atoms with van der Waals surface area (Å²) in [5.74, 6) is 0.907. The topological polar surface area (TPSA) is 116 Å². The van der Waals surface area contributed by atoms with Crippen LogP contribution in [0.25, 0.3) is 11.2 Å². The molecule has 4 aromatic rings. The normalized spacial score (nSPS) is 19.4. The zero-order chi connectivity index (χ0) is 29.7. The Morgan fingerprint density at radius 3 is 2.56 bits per heavy atom. The van der Waals surface area contributed by atoms with E-state index in [2.05, 4.69) is 15.6 Å². The van der Waals surface area contributed by atoms with Crippen molar-refractivity contribution in [3.8, 4) is 0 Å². The number of benzene rings is 1. The molecule has 228 valence electrons. The fraction of sp³-hybridized carbons (Fsp3) is 0.500. The molecule has 0 radical (unpaired) electrons. The van der Waals surface area contributed by atoms with E-state index in [9.17, 15) is 17.2 Å². The van der Waals surface area contributed by atoms with Gasteiger partial charge in [-0.1, -0.05) is 12.5 Å². The van der Waals surface area contributed by atoms with Crippen molar-refractivity contribution in [2.45, 2.75) is 87.8 Å². The highest BCUT2D eigenvalue weighted by Gasteiger charge is 2.30. The molecule has 1 saturated heterocycles. The van der Waals surface area contributed by atoms with Gasteiger partial charge in [0.15, 0.2) is 27.1 Å². The minimum absolute atomic E-state index is 0.151. The first-order chi connectivity index (χ1) is 20.7. The number of pyridine rings is 1. The maximum absolute atomic E-state index is 14.4. The molecule has 1 aliphatic carbocycles. The summed E-state index contributed by atoms with van der Waals surface area (Å²) in [4.78, 5) is 9.27. The van der Waals surface area contributed by atoms with Gasteiger partial charge in [-0.2, -0.15) is 5.10 Å². The lowest BCUT2D eigenvalue weighted by Crippen LogP contribution is -2.20. The Balaban J connectivity index is 1.36. The van der Waals surface area contributed by atoms with Crippen molar-refractivity contribution < 1.29 is 21.9 Å². The summed E-state index contributed by atoms with van der Waals surface area (Å²) in [5.41, 5.74) is 3.25. The average Bonchev–Trinajstić information content (AvgIpc) is 3.70. The molecule has 2 fully saturated rings. The molecule has 0 spiro atoms. The Kier molecular flexibility index (Phi) is 7.32. The van der Waals surface area contributed by atoms with Gasteiger partial charge in [0, 0.05) is 37.2 Å². The van der Waals surface area contributed by atoms with E-state index in [-0.39, 0.29) is 16.1 Å². The van der Waals surface area contributed by atoms with Crippen molar-refractivity contribution in [1.29, 1.82) is 0 Å². The van der Waals surface area contributed by atoms with Crippen LogP contribution in [0.2, 0.25) is 0 Å². The van der Waals surface area contributed by atoms with Gasteiger partial charge in [-0.15, -0.1) is 0 Å². The minimum Gasteiger partial charge on any atom is -0.358 e. The van der Waals surface area contributed by atoms with E-state index >= 15 is 0 Å². The van der Waals surface area contributed by atoms with Crippen molar-refractivity contribution >= 4 is 44.0 Å². The first-order valence-corrected chi connectivity index (χ1v) is 16.9. The highest BCUT2D eigenvalue weighted by atomic mass is 32.2. The minimum atomic E-state index is -3.60. The number of rotatable bonds is 8. The average molecular weight is 612 g/mol. The predicted molar refractivity (Wildman–Crippen MR) is 159 cm³/mol. The number of fused-ring (bicyclic) bond motifs is 2. The molecule has 43 heavy (non-hydrogen) atoms. The van der Waals surface area contributed by atoms with Crippen molar-refractivity contribution in [3.05, 3.63) is 47.4 Å². The van der Waals surface area contributed by atoms with Crippen LogP contribution in [0.5, 0.6) is 0 Å². The number of hydrogen-bond acceptors (Lipinski definition) is 8. The number of sulfone groups is 1. The Bertz CT molecular complexity index is 1750. The third-order valence-corrected chi connectivity index (χ3v) is 9.60. The van der Waals surface area contributed by atoms with Gasteiger partial charge in [0.2, 0.25) is 0 Å². The van der Waals surface area contributed by atoms with Crippen molar-refractivity contribution in [2.24, 2.45) is 0 Å². The van der Waals surface area contributed by atoms with Crippen LogP contribution in [-0.2, 0) is 27.5 Å². The van der Waals surface area contributed by atoms with Gasteiger partial charge in [-0.05, 0) is 75.0 Å². The molecule has 13 heteroatoms. The van der Waals surface area contributed by atoms with Crippen LogP contribution in [0.1, 0.15) is 87.0 Å². The summed E-state index contributed by atoms with van der Waals surface area (Å²) in [5, 5.41) is 11.2.